The van der Waals surface area contributed by atoms with Crippen molar-refractivity contribution in [2.45, 2.75) is 31.8 Å². The van der Waals surface area contributed by atoms with Crippen LogP contribution in [0.5, 0.6) is 0 Å². The van der Waals surface area contributed by atoms with E-state index < -0.39 is 0 Å². The maximum Gasteiger partial charge on any atom is 0.232 e. The van der Waals surface area contributed by atoms with Crippen molar-refractivity contribution in [3.8, 4) is 0 Å². The number of hydrogen-bond acceptors (Lipinski definition) is 7. The summed E-state index contributed by atoms with van der Waals surface area (Å²) >= 11 is 5.53. The van der Waals surface area contributed by atoms with Gasteiger partial charge in [0.15, 0.2) is 5.11 Å². The lowest BCUT2D eigenvalue weighted by Crippen LogP contribution is -2.47. The fourth-order valence-corrected chi connectivity index (χ4v) is 4.91. The molecule has 3 saturated heterocycles. The molecule has 0 aliphatic carbocycles. The molecule has 176 valence electrons. The van der Waals surface area contributed by atoms with Gasteiger partial charge >= 0.3 is 0 Å². The minimum atomic E-state index is 0.234. The Kier molecular flexibility index (Phi) is 7.06. The molecule has 3 aliphatic rings. The van der Waals surface area contributed by atoms with Crippen LogP contribution < -0.4 is 25.3 Å². The molecule has 1 aromatic heterocycles. The Bertz CT molecular complexity index is 924. The summed E-state index contributed by atoms with van der Waals surface area (Å²) in [7, 11) is 0. The minimum absolute atomic E-state index is 0.234. The van der Waals surface area contributed by atoms with Crippen LogP contribution >= 0.6 is 12.2 Å². The average Bonchev–Trinajstić information content (AvgIpc) is 3.58. The monoisotopic (exact) mass is 467 g/mol. The van der Waals surface area contributed by atoms with Gasteiger partial charge in [0.2, 0.25) is 5.95 Å². The lowest BCUT2D eigenvalue weighted by molar-refractivity contribution is 0.114. The van der Waals surface area contributed by atoms with Crippen LogP contribution in [0.25, 0.3) is 0 Å². The van der Waals surface area contributed by atoms with E-state index in [1.165, 1.54) is 18.5 Å². The van der Waals surface area contributed by atoms with Gasteiger partial charge in [-0.15, -0.1) is 0 Å². The Morgan fingerprint density at radius 3 is 2.24 bits per heavy atom. The first-order valence-corrected chi connectivity index (χ1v) is 12.5. The Morgan fingerprint density at radius 1 is 0.909 bits per heavy atom. The molecule has 2 aromatic rings. The third-order valence-electron chi connectivity index (χ3n) is 6.59. The highest BCUT2D eigenvalue weighted by Gasteiger charge is 2.22. The van der Waals surface area contributed by atoms with E-state index in [4.69, 9.17) is 26.9 Å². The van der Waals surface area contributed by atoms with Crippen LogP contribution in [0, 0.1) is 0 Å². The van der Waals surface area contributed by atoms with Crippen molar-refractivity contribution in [2.75, 3.05) is 72.4 Å². The SMILES string of the molecule is S=C(NC[C@H]1CCCO1)Nc1nc(N2CCCC2)cc(N2CCN(c3ccccc3)CC2)n1. The van der Waals surface area contributed by atoms with Gasteiger partial charge in [-0.25, -0.2) is 0 Å². The average molecular weight is 468 g/mol. The molecule has 0 spiro atoms. The number of benzene rings is 1. The van der Waals surface area contributed by atoms with Crippen LogP contribution in [-0.2, 0) is 4.74 Å². The van der Waals surface area contributed by atoms with E-state index in [0.717, 1.165) is 70.4 Å². The summed E-state index contributed by atoms with van der Waals surface area (Å²) in [6.07, 6.45) is 4.85. The molecular formula is C24H33N7OS. The Balaban J connectivity index is 1.27. The summed E-state index contributed by atoms with van der Waals surface area (Å²) in [6, 6.07) is 12.8. The molecule has 33 heavy (non-hydrogen) atoms. The number of ether oxygens (including phenoxy) is 1. The molecule has 1 aromatic carbocycles. The Hall–Kier alpha value is -2.65. The Morgan fingerprint density at radius 2 is 1.58 bits per heavy atom. The van der Waals surface area contributed by atoms with E-state index in [9.17, 15) is 0 Å². The zero-order valence-corrected chi connectivity index (χ0v) is 19.9. The predicted octanol–water partition coefficient (Wildman–Crippen LogP) is 2.87. The van der Waals surface area contributed by atoms with Crippen molar-refractivity contribution >= 4 is 40.6 Å². The number of hydrogen-bond donors (Lipinski definition) is 2. The van der Waals surface area contributed by atoms with Crippen molar-refractivity contribution in [3.05, 3.63) is 36.4 Å². The second kappa shape index (κ2) is 10.5. The molecule has 0 saturated carbocycles. The van der Waals surface area contributed by atoms with Gasteiger partial charge in [0, 0.05) is 64.2 Å². The number of thiocarbonyl (C=S) groups is 1. The molecule has 3 aliphatic heterocycles. The number of nitrogens with one attached hydrogen (secondary N) is 2. The first kappa shape index (κ1) is 22.2. The summed E-state index contributed by atoms with van der Waals surface area (Å²) in [4.78, 5) is 16.8. The minimum Gasteiger partial charge on any atom is -0.376 e. The maximum absolute atomic E-state index is 5.68. The molecule has 8 nitrogen and oxygen atoms in total. The van der Waals surface area contributed by atoms with E-state index in [0.29, 0.717) is 17.6 Å². The zero-order valence-electron chi connectivity index (χ0n) is 19.1. The highest BCUT2D eigenvalue weighted by Crippen LogP contribution is 2.26. The van der Waals surface area contributed by atoms with E-state index >= 15 is 0 Å². The number of anilines is 4. The van der Waals surface area contributed by atoms with Gasteiger partial charge in [0.05, 0.1) is 6.10 Å². The summed E-state index contributed by atoms with van der Waals surface area (Å²) < 4.78 is 5.68. The lowest BCUT2D eigenvalue weighted by Gasteiger charge is -2.37. The van der Waals surface area contributed by atoms with Crippen LogP contribution in [0.3, 0.4) is 0 Å². The third kappa shape index (κ3) is 5.65. The van der Waals surface area contributed by atoms with Gasteiger partial charge in [-0.1, -0.05) is 18.2 Å². The van der Waals surface area contributed by atoms with Crippen LogP contribution in [0.1, 0.15) is 25.7 Å². The molecule has 0 bridgehead atoms. The van der Waals surface area contributed by atoms with Gasteiger partial charge < -0.3 is 30.1 Å². The maximum atomic E-state index is 5.68. The molecule has 2 N–H and O–H groups in total. The lowest BCUT2D eigenvalue weighted by atomic mass is 10.2. The highest BCUT2D eigenvalue weighted by molar-refractivity contribution is 7.80. The van der Waals surface area contributed by atoms with Gasteiger partial charge in [0.25, 0.3) is 0 Å². The van der Waals surface area contributed by atoms with Crippen LogP contribution in [-0.4, -0.2) is 73.6 Å². The molecule has 3 fully saturated rings. The zero-order chi connectivity index (χ0) is 22.5. The predicted molar refractivity (Wildman–Crippen MR) is 138 cm³/mol. The largest absolute Gasteiger partial charge is 0.376 e. The van der Waals surface area contributed by atoms with Crippen LogP contribution in [0.2, 0.25) is 0 Å². The summed E-state index contributed by atoms with van der Waals surface area (Å²) in [5.41, 5.74) is 1.28. The molecule has 4 heterocycles. The van der Waals surface area contributed by atoms with Crippen LogP contribution in [0.15, 0.2) is 36.4 Å². The second-order valence-electron chi connectivity index (χ2n) is 8.88. The second-order valence-corrected chi connectivity index (χ2v) is 9.29. The van der Waals surface area contributed by atoms with Gasteiger partial charge in [-0.3, -0.25) is 0 Å². The summed E-state index contributed by atoms with van der Waals surface area (Å²) in [5.74, 6) is 2.50. The molecule has 0 unspecified atom stereocenters. The topological polar surface area (TPSA) is 68.8 Å². The first-order chi connectivity index (χ1) is 16.2. The smallest absolute Gasteiger partial charge is 0.232 e. The van der Waals surface area contributed by atoms with Gasteiger partial charge in [-0.05, 0) is 50.0 Å². The highest BCUT2D eigenvalue weighted by atomic mass is 32.1. The fourth-order valence-electron chi connectivity index (χ4n) is 4.74. The summed E-state index contributed by atoms with van der Waals surface area (Å²) in [5, 5.41) is 7.03. The number of nitrogens with zero attached hydrogens (tertiary/aromatic N) is 5. The van der Waals surface area contributed by atoms with E-state index in [1.807, 2.05) is 0 Å². The molecule has 0 radical (unpaired) electrons. The van der Waals surface area contributed by atoms with Crippen molar-refractivity contribution < 1.29 is 4.74 Å². The Labute approximate surface area is 201 Å². The molecule has 5 rings (SSSR count). The van der Waals surface area contributed by atoms with Crippen molar-refractivity contribution in [1.29, 1.82) is 0 Å². The van der Waals surface area contributed by atoms with E-state index in [-0.39, 0.29) is 6.10 Å². The molecule has 1 atom stereocenters. The third-order valence-corrected chi connectivity index (χ3v) is 6.84. The molecule has 9 heteroatoms. The van der Waals surface area contributed by atoms with Crippen molar-refractivity contribution in [3.63, 3.8) is 0 Å². The fraction of sp³-hybridized carbons (Fsp3) is 0.542. The standard InChI is InChI=1S/C24H33N7OS/c33-24(25-18-20-9-6-16-32-20)28-23-26-21(30-10-4-5-11-30)17-22(27-23)31-14-12-29(13-15-31)19-7-2-1-3-8-19/h1-3,7-8,17,20H,4-6,9-16,18H2,(H2,25,26,27,28,33)/t20-/m1/s1. The first-order valence-electron chi connectivity index (χ1n) is 12.1. The van der Waals surface area contributed by atoms with Crippen molar-refractivity contribution in [1.82, 2.24) is 15.3 Å². The number of piperazine rings is 1. The quantitative estimate of drug-likeness (QED) is 0.624. The number of para-hydroxylation sites is 1. The van der Waals surface area contributed by atoms with Crippen LogP contribution in [0.4, 0.5) is 23.3 Å². The molecular weight excluding hydrogens is 434 g/mol. The molecule has 0 amide bonds. The number of aromatic nitrogens is 2. The summed E-state index contributed by atoms with van der Waals surface area (Å²) in [6.45, 7) is 7.42. The van der Waals surface area contributed by atoms with Crippen molar-refractivity contribution in [2.24, 2.45) is 0 Å². The normalized spacial score (nSPS) is 20.8. The number of rotatable bonds is 6. The van der Waals surface area contributed by atoms with Gasteiger partial charge in [-0.2, -0.15) is 9.97 Å². The van der Waals surface area contributed by atoms with E-state index in [2.05, 4.69) is 61.7 Å². The van der Waals surface area contributed by atoms with Gasteiger partial charge in [0.1, 0.15) is 11.6 Å². The van der Waals surface area contributed by atoms with E-state index in [1.54, 1.807) is 0 Å².